The summed E-state index contributed by atoms with van der Waals surface area (Å²) in [6, 6.07) is 7.06. The second-order valence-corrected chi connectivity index (χ2v) is 5.32. The van der Waals surface area contributed by atoms with E-state index in [2.05, 4.69) is 10.5 Å². The van der Waals surface area contributed by atoms with Gasteiger partial charge in [0.1, 0.15) is 11.2 Å². The zero-order valence-corrected chi connectivity index (χ0v) is 12.9. The largest absolute Gasteiger partial charge is 0.491 e. The zero-order valence-electron chi connectivity index (χ0n) is 12.9. The number of carbonyl (C=O) groups is 1. The van der Waals surface area contributed by atoms with E-state index < -0.39 is 5.41 Å². The second-order valence-electron chi connectivity index (χ2n) is 5.32. The number of nitrogens with one attached hydrogen (secondary N) is 1. The lowest BCUT2D eigenvalue weighted by atomic mass is 9.85. The smallest absolute Gasteiger partial charge is 0.238 e. The fourth-order valence-electron chi connectivity index (χ4n) is 1.73. The SMILES string of the molecule is CCC(C)(C(=O)Nc1ccc(OC(C)C)cc1)/C(N)=N/O. The van der Waals surface area contributed by atoms with Gasteiger partial charge in [0.15, 0.2) is 5.84 Å². The van der Waals surface area contributed by atoms with Gasteiger partial charge in [-0.05, 0) is 51.5 Å². The maximum absolute atomic E-state index is 12.3. The van der Waals surface area contributed by atoms with Crippen LogP contribution in [0, 0.1) is 5.41 Å². The molecule has 0 aromatic heterocycles. The molecule has 116 valence electrons. The van der Waals surface area contributed by atoms with Crippen LogP contribution in [0.3, 0.4) is 0 Å². The molecule has 1 atom stereocenters. The Morgan fingerprint density at radius 2 is 2.00 bits per heavy atom. The van der Waals surface area contributed by atoms with Crippen molar-refractivity contribution < 1.29 is 14.7 Å². The molecular formula is C15H23N3O3. The van der Waals surface area contributed by atoms with Gasteiger partial charge in [-0.2, -0.15) is 0 Å². The van der Waals surface area contributed by atoms with Crippen molar-refractivity contribution in [3.05, 3.63) is 24.3 Å². The van der Waals surface area contributed by atoms with E-state index in [1.807, 2.05) is 13.8 Å². The maximum atomic E-state index is 12.3. The normalized spacial score (nSPS) is 14.6. The molecule has 1 rings (SSSR count). The highest BCUT2D eigenvalue weighted by atomic mass is 16.5. The summed E-state index contributed by atoms with van der Waals surface area (Å²) in [7, 11) is 0. The quantitative estimate of drug-likeness (QED) is 0.325. The Morgan fingerprint density at radius 1 is 1.43 bits per heavy atom. The number of hydrogen-bond acceptors (Lipinski definition) is 4. The van der Waals surface area contributed by atoms with E-state index in [9.17, 15) is 4.79 Å². The number of nitrogens with two attached hydrogens (primary N) is 1. The Kier molecular flexibility index (Phi) is 5.58. The van der Waals surface area contributed by atoms with Crippen molar-refractivity contribution in [1.82, 2.24) is 0 Å². The Labute approximate surface area is 125 Å². The van der Waals surface area contributed by atoms with Crippen LogP contribution in [0.4, 0.5) is 5.69 Å². The lowest BCUT2D eigenvalue weighted by molar-refractivity contribution is -0.121. The molecule has 0 aliphatic heterocycles. The lowest BCUT2D eigenvalue weighted by Crippen LogP contribution is -2.44. The molecule has 0 spiro atoms. The van der Waals surface area contributed by atoms with Gasteiger partial charge in [0.2, 0.25) is 5.91 Å². The minimum atomic E-state index is -1.05. The molecule has 6 heteroatoms. The van der Waals surface area contributed by atoms with Gasteiger partial charge in [0.05, 0.1) is 6.10 Å². The standard InChI is InChI=1S/C15H23N3O3/c1-5-15(4,13(16)18-20)14(19)17-11-6-8-12(9-7-11)21-10(2)3/h6-10,20H,5H2,1-4H3,(H2,16,18)(H,17,19). The molecule has 0 aliphatic carbocycles. The van der Waals surface area contributed by atoms with E-state index in [4.69, 9.17) is 15.7 Å². The summed E-state index contributed by atoms with van der Waals surface area (Å²) in [6.07, 6.45) is 0.512. The molecule has 1 aromatic rings. The summed E-state index contributed by atoms with van der Waals surface area (Å²) >= 11 is 0. The lowest BCUT2D eigenvalue weighted by Gasteiger charge is -2.25. The number of nitrogens with zero attached hydrogens (tertiary/aromatic N) is 1. The minimum Gasteiger partial charge on any atom is -0.491 e. The predicted molar refractivity (Wildman–Crippen MR) is 82.6 cm³/mol. The van der Waals surface area contributed by atoms with Crippen LogP contribution in [0.25, 0.3) is 0 Å². The Bertz CT molecular complexity index is 511. The number of amides is 1. The summed E-state index contributed by atoms with van der Waals surface area (Å²) in [5, 5.41) is 14.5. The first-order chi connectivity index (χ1) is 9.83. The van der Waals surface area contributed by atoms with E-state index >= 15 is 0 Å². The van der Waals surface area contributed by atoms with E-state index in [1.165, 1.54) is 0 Å². The number of amidine groups is 1. The van der Waals surface area contributed by atoms with Gasteiger partial charge in [-0.1, -0.05) is 12.1 Å². The molecule has 0 saturated heterocycles. The van der Waals surface area contributed by atoms with Crippen molar-refractivity contribution in [2.24, 2.45) is 16.3 Å². The summed E-state index contributed by atoms with van der Waals surface area (Å²) in [4.78, 5) is 12.3. The monoisotopic (exact) mass is 293 g/mol. The van der Waals surface area contributed by atoms with Gasteiger partial charge in [-0.15, -0.1) is 0 Å². The molecule has 1 aromatic carbocycles. The molecule has 6 nitrogen and oxygen atoms in total. The maximum Gasteiger partial charge on any atom is 0.238 e. The van der Waals surface area contributed by atoms with Crippen LogP contribution in [-0.4, -0.2) is 23.1 Å². The highest BCUT2D eigenvalue weighted by molar-refractivity contribution is 6.11. The van der Waals surface area contributed by atoms with E-state index in [1.54, 1.807) is 38.1 Å². The Balaban J connectivity index is 2.83. The molecular weight excluding hydrogens is 270 g/mol. The number of hydrogen-bond donors (Lipinski definition) is 3. The highest BCUT2D eigenvalue weighted by Crippen LogP contribution is 2.25. The Hall–Kier alpha value is -2.24. The molecule has 0 radical (unpaired) electrons. The molecule has 0 bridgehead atoms. The Morgan fingerprint density at radius 3 is 2.43 bits per heavy atom. The number of ether oxygens (including phenoxy) is 1. The van der Waals surface area contributed by atoms with Crippen LogP contribution < -0.4 is 15.8 Å². The number of oxime groups is 1. The highest BCUT2D eigenvalue weighted by Gasteiger charge is 2.36. The first kappa shape index (κ1) is 16.8. The third-order valence-corrected chi connectivity index (χ3v) is 3.37. The molecule has 4 N–H and O–H groups in total. The summed E-state index contributed by atoms with van der Waals surface area (Å²) in [5.74, 6) is 0.303. The van der Waals surface area contributed by atoms with Gasteiger partial charge >= 0.3 is 0 Å². The van der Waals surface area contributed by atoms with Gasteiger partial charge < -0.3 is 21.0 Å². The van der Waals surface area contributed by atoms with E-state index in [-0.39, 0.29) is 17.8 Å². The van der Waals surface area contributed by atoms with Crippen molar-refractivity contribution in [3.8, 4) is 5.75 Å². The van der Waals surface area contributed by atoms with Gasteiger partial charge in [0.25, 0.3) is 0 Å². The van der Waals surface area contributed by atoms with Crippen molar-refractivity contribution in [2.45, 2.75) is 40.2 Å². The third kappa shape index (κ3) is 4.11. The van der Waals surface area contributed by atoms with Crippen LogP contribution in [0.2, 0.25) is 0 Å². The molecule has 21 heavy (non-hydrogen) atoms. The first-order valence-corrected chi connectivity index (χ1v) is 6.89. The molecule has 0 aliphatic rings. The molecule has 1 unspecified atom stereocenters. The third-order valence-electron chi connectivity index (χ3n) is 3.37. The number of anilines is 1. The van der Waals surface area contributed by atoms with Crippen molar-refractivity contribution >= 4 is 17.4 Å². The second kappa shape index (κ2) is 6.97. The van der Waals surface area contributed by atoms with E-state index in [0.29, 0.717) is 12.1 Å². The fraction of sp³-hybridized carbons (Fsp3) is 0.467. The minimum absolute atomic E-state index is 0.0920. The summed E-state index contributed by atoms with van der Waals surface area (Å²) in [6.45, 7) is 7.32. The average molecular weight is 293 g/mol. The van der Waals surface area contributed by atoms with Crippen molar-refractivity contribution in [3.63, 3.8) is 0 Å². The number of benzene rings is 1. The van der Waals surface area contributed by atoms with Gasteiger partial charge in [-0.25, -0.2) is 0 Å². The number of carbonyl (C=O) groups excluding carboxylic acids is 1. The summed E-state index contributed by atoms with van der Waals surface area (Å²) in [5.41, 5.74) is 5.19. The number of rotatable bonds is 6. The first-order valence-electron chi connectivity index (χ1n) is 6.89. The van der Waals surface area contributed by atoms with Gasteiger partial charge in [0, 0.05) is 5.69 Å². The predicted octanol–water partition coefficient (Wildman–Crippen LogP) is 2.57. The van der Waals surface area contributed by atoms with Crippen LogP contribution in [0.1, 0.15) is 34.1 Å². The molecule has 0 heterocycles. The van der Waals surface area contributed by atoms with Crippen LogP contribution in [0.15, 0.2) is 29.4 Å². The fourth-order valence-corrected chi connectivity index (χ4v) is 1.73. The van der Waals surface area contributed by atoms with Crippen LogP contribution in [0.5, 0.6) is 5.75 Å². The van der Waals surface area contributed by atoms with E-state index in [0.717, 1.165) is 5.75 Å². The van der Waals surface area contributed by atoms with Crippen LogP contribution >= 0.6 is 0 Å². The van der Waals surface area contributed by atoms with Crippen LogP contribution in [-0.2, 0) is 4.79 Å². The molecule has 1 amide bonds. The topological polar surface area (TPSA) is 96.9 Å². The van der Waals surface area contributed by atoms with Crippen molar-refractivity contribution in [2.75, 3.05) is 5.32 Å². The zero-order chi connectivity index (χ0) is 16.0. The molecule has 0 saturated carbocycles. The summed E-state index contributed by atoms with van der Waals surface area (Å²) < 4.78 is 5.53. The van der Waals surface area contributed by atoms with Gasteiger partial charge in [-0.3, -0.25) is 4.79 Å². The average Bonchev–Trinajstić information content (AvgIpc) is 2.46. The van der Waals surface area contributed by atoms with Crippen molar-refractivity contribution in [1.29, 1.82) is 0 Å². The molecule has 0 fully saturated rings.